The van der Waals surface area contributed by atoms with Crippen molar-refractivity contribution in [2.75, 3.05) is 12.8 Å². The molecule has 1 fully saturated rings. The van der Waals surface area contributed by atoms with E-state index in [4.69, 9.17) is 28.2 Å². The molecule has 30 heavy (non-hydrogen) atoms. The molecule has 0 aromatic heterocycles. The zero-order valence-electron chi connectivity index (χ0n) is 16.7. The minimum Gasteiger partial charge on any atom is -0.369 e. The molecule has 0 spiro atoms. The molecule has 3 rings (SSSR count). The van der Waals surface area contributed by atoms with Crippen LogP contribution in [0.25, 0.3) is 0 Å². The van der Waals surface area contributed by atoms with Gasteiger partial charge in [0, 0.05) is 7.05 Å². The maximum Gasteiger partial charge on any atom is 0.219 e. The number of halogens is 3. The number of aliphatic imine (C=N–C) groups is 1. The third kappa shape index (κ3) is 4.69. The fourth-order valence-electron chi connectivity index (χ4n) is 3.43. The molecule has 0 amide bonds. The van der Waals surface area contributed by atoms with Gasteiger partial charge in [0.05, 0.1) is 27.4 Å². The van der Waals surface area contributed by atoms with E-state index in [1.54, 1.807) is 18.0 Å². The molecule has 1 aromatic rings. The Morgan fingerprint density at radius 1 is 1.30 bits per heavy atom. The van der Waals surface area contributed by atoms with Gasteiger partial charge in [0.15, 0.2) is 10.9 Å². The standard InChI is InChI=1S/C20H22Cl2N2O3S2.BrH/c1-4-12-6-9-16(13(5-2)10-12)23-19-24(3)20(25,11-28-19)14-7-8-15(21)17(22)18(14)29(26)27;/h6-10,14,25H,4-5,11H2,1-3H3;1H. The highest BCUT2D eigenvalue weighted by atomic mass is 79.9. The number of aliphatic hydroxyl groups is 1. The molecule has 1 aromatic carbocycles. The molecule has 2 atom stereocenters. The average molecular weight is 554 g/mol. The van der Waals surface area contributed by atoms with Crippen LogP contribution in [0.3, 0.4) is 0 Å². The van der Waals surface area contributed by atoms with E-state index < -0.39 is 21.9 Å². The molecule has 1 saturated heterocycles. The molecule has 1 N–H and O–H groups in total. The monoisotopic (exact) mass is 552 g/mol. The maximum absolute atomic E-state index is 11.8. The summed E-state index contributed by atoms with van der Waals surface area (Å²) >= 11 is 13.5. The van der Waals surface area contributed by atoms with Crippen LogP contribution in [0.4, 0.5) is 5.69 Å². The molecule has 0 radical (unpaired) electrons. The fraction of sp³-hybridized carbons (Fsp3) is 0.400. The van der Waals surface area contributed by atoms with Gasteiger partial charge in [0.25, 0.3) is 0 Å². The fourth-order valence-corrected chi connectivity index (χ4v) is 5.99. The van der Waals surface area contributed by atoms with Crippen molar-refractivity contribution in [3.05, 3.63) is 51.5 Å². The van der Waals surface area contributed by atoms with E-state index in [9.17, 15) is 13.5 Å². The van der Waals surface area contributed by atoms with Gasteiger partial charge in [-0.1, -0.05) is 67.0 Å². The van der Waals surface area contributed by atoms with Crippen LogP contribution in [0, 0.1) is 5.92 Å². The predicted molar refractivity (Wildman–Crippen MR) is 133 cm³/mol. The van der Waals surface area contributed by atoms with Crippen LogP contribution < -0.4 is 0 Å². The number of aryl methyl sites for hydroxylation is 2. The first kappa shape index (κ1) is 25.5. The second-order valence-electron chi connectivity index (χ2n) is 6.89. The Bertz CT molecular complexity index is 1060. The zero-order chi connectivity index (χ0) is 21.3. The highest BCUT2D eigenvalue weighted by Crippen LogP contribution is 2.41. The third-order valence-corrected chi connectivity index (χ3v) is 8.19. The Labute approximate surface area is 203 Å². The molecular formula is C20H23BrCl2N2O3S2. The Morgan fingerprint density at radius 2 is 2.00 bits per heavy atom. The summed E-state index contributed by atoms with van der Waals surface area (Å²) in [5, 5.41) is 12.1. The Morgan fingerprint density at radius 3 is 2.60 bits per heavy atom. The molecule has 1 aliphatic carbocycles. The van der Waals surface area contributed by atoms with Gasteiger partial charge in [-0.3, -0.25) is 0 Å². The number of thioether (sulfide) groups is 1. The number of amidine groups is 1. The molecule has 0 bridgehead atoms. The van der Waals surface area contributed by atoms with Crippen molar-refractivity contribution in [1.29, 1.82) is 0 Å². The molecule has 164 valence electrons. The van der Waals surface area contributed by atoms with Gasteiger partial charge in [0.1, 0.15) is 4.86 Å². The molecule has 0 saturated carbocycles. The van der Waals surface area contributed by atoms with E-state index in [0.29, 0.717) is 5.17 Å². The van der Waals surface area contributed by atoms with Crippen LogP contribution in [0.1, 0.15) is 25.0 Å². The van der Waals surface area contributed by atoms with Crippen molar-refractivity contribution in [3.63, 3.8) is 0 Å². The third-order valence-electron chi connectivity index (χ3n) is 5.25. The lowest BCUT2D eigenvalue weighted by Crippen LogP contribution is -2.53. The summed E-state index contributed by atoms with van der Waals surface area (Å²) in [7, 11) is -0.916. The first-order valence-electron chi connectivity index (χ1n) is 9.22. The molecule has 1 aliphatic heterocycles. The van der Waals surface area contributed by atoms with Gasteiger partial charge >= 0.3 is 0 Å². The lowest BCUT2D eigenvalue weighted by molar-refractivity contribution is -0.0449. The topological polar surface area (TPSA) is 70.0 Å². The predicted octanol–water partition coefficient (Wildman–Crippen LogP) is 4.67. The minimum atomic E-state index is -2.62. The normalized spacial score (nSPS) is 25.1. The highest BCUT2D eigenvalue weighted by molar-refractivity contribution is 8.93. The summed E-state index contributed by atoms with van der Waals surface area (Å²) in [6.07, 6.45) is 4.89. The molecule has 1 heterocycles. The largest absolute Gasteiger partial charge is 0.369 e. The van der Waals surface area contributed by atoms with Crippen LogP contribution in [0.15, 0.2) is 45.4 Å². The smallest absolute Gasteiger partial charge is 0.219 e. The number of benzene rings is 1. The van der Waals surface area contributed by atoms with Crippen LogP contribution >= 0.6 is 51.9 Å². The zero-order valence-corrected chi connectivity index (χ0v) is 21.6. The van der Waals surface area contributed by atoms with Gasteiger partial charge in [-0.2, -0.15) is 8.42 Å². The first-order valence-corrected chi connectivity index (χ1v) is 12.0. The lowest BCUT2D eigenvalue weighted by Gasteiger charge is -2.37. The van der Waals surface area contributed by atoms with Crippen molar-refractivity contribution in [3.8, 4) is 0 Å². The van der Waals surface area contributed by atoms with E-state index >= 15 is 0 Å². The van der Waals surface area contributed by atoms with E-state index in [1.807, 2.05) is 12.1 Å². The number of hydrogen-bond donors (Lipinski definition) is 1. The first-order chi connectivity index (χ1) is 13.7. The second-order valence-corrected chi connectivity index (χ2v) is 9.53. The summed E-state index contributed by atoms with van der Waals surface area (Å²) in [6.45, 7) is 4.19. The van der Waals surface area contributed by atoms with Crippen molar-refractivity contribution < 1.29 is 13.5 Å². The van der Waals surface area contributed by atoms with Crippen LogP contribution in [-0.2, 0) is 23.1 Å². The van der Waals surface area contributed by atoms with Gasteiger partial charge in [-0.25, -0.2) is 4.99 Å². The molecule has 2 aliphatic rings. The van der Waals surface area contributed by atoms with Crippen molar-refractivity contribution in [2.24, 2.45) is 10.9 Å². The second kappa shape index (κ2) is 10.2. The lowest BCUT2D eigenvalue weighted by atomic mass is 9.89. The maximum atomic E-state index is 11.8. The minimum absolute atomic E-state index is 0. The Balaban J connectivity index is 0.00000320. The summed E-state index contributed by atoms with van der Waals surface area (Å²) < 4.78 is 23.7. The number of allylic oxidation sites excluding steroid dienone is 3. The van der Waals surface area contributed by atoms with Gasteiger partial charge in [-0.15, -0.1) is 17.0 Å². The van der Waals surface area contributed by atoms with Crippen LogP contribution in [-0.4, -0.2) is 47.0 Å². The number of nitrogens with zero attached hydrogens (tertiary/aromatic N) is 2. The Kier molecular flexibility index (Phi) is 8.69. The molecule has 2 unspecified atom stereocenters. The van der Waals surface area contributed by atoms with Crippen molar-refractivity contribution >= 4 is 78.0 Å². The van der Waals surface area contributed by atoms with Crippen LogP contribution in [0.5, 0.6) is 0 Å². The number of hydrogen-bond acceptors (Lipinski definition) is 5. The summed E-state index contributed by atoms with van der Waals surface area (Å²) in [6, 6.07) is 6.18. The molecule has 10 heteroatoms. The van der Waals surface area contributed by atoms with Gasteiger partial charge in [-0.05, 0) is 36.1 Å². The van der Waals surface area contributed by atoms with E-state index in [-0.39, 0.29) is 37.7 Å². The number of rotatable bonds is 4. The van der Waals surface area contributed by atoms with Gasteiger partial charge in [0.2, 0.25) is 10.3 Å². The van der Waals surface area contributed by atoms with Gasteiger partial charge < -0.3 is 10.0 Å². The van der Waals surface area contributed by atoms with Crippen molar-refractivity contribution in [2.45, 2.75) is 32.4 Å². The summed E-state index contributed by atoms with van der Waals surface area (Å²) in [5.74, 6) is -0.608. The molecule has 5 nitrogen and oxygen atoms in total. The SMILES string of the molecule is Br.CCc1ccc(N=C2SCC(O)(C3C=CC(Cl)=C(Cl)C3=S(=O)=O)N2C)c(CC)c1. The van der Waals surface area contributed by atoms with Crippen molar-refractivity contribution in [1.82, 2.24) is 4.90 Å². The molecular weight excluding hydrogens is 531 g/mol. The quantitative estimate of drug-likeness (QED) is 0.549. The van der Waals surface area contributed by atoms with E-state index in [0.717, 1.165) is 24.1 Å². The average Bonchev–Trinajstić information content (AvgIpc) is 2.99. The summed E-state index contributed by atoms with van der Waals surface area (Å²) in [4.78, 5) is 6.27. The summed E-state index contributed by atoms with van der Waals surface area (Å²) in [5.41, 5.74) is 1.73. The van der Waals surface area contributed by atoms with Crippen LogP contribution in [0.2, 0.25) is 0 Å². The van der Waals surface area contributed by atoms with E-state index in [2.05, 4.69) is 19.9 Å². The highest BCUT2D eigenvalue weighted by Gasteiger charge is 2.50. The van der Waals surface area contributed by atoms with E-state index in [1.165, 1.54) is 23.4 Å². The Hall–Kier alpha value is -0.770.